The van der Waals surface area contributed by atoms with Crippen molar-refractivity contribution in [1.82, 2.24) is 5.43 Å². The van der Waals surface area contributed by atoms with E-state index >= 15 is 0 Å². The van der Waals surface area contributed by atoms with Crippen LogP contribution >= 0.6 is 27.5 Å². The van der Waals surface area contributed by atoms with E-state index in [-0.39, 0.29) is 0 Å². The largest absolute Gasteiger partial charge is 0.490 e. The molecule has 0 saturated heterocycles. The van der Waals surface area contributed by atoms with Crippen molar-refractivity contribution in [3.05, 3.63) is 100 Å². The Morgan fingerprint density at radius 2 is 1.79 bits per heavy atom. The molecule has 0 fully saturated rings. The summed E-state index contributed by atoms with van der Waals surface area (Å²) in [7, 11) is 0. The van der Waals surface area contributed by atoms with Crippen molar-refractivity contribution >= 4 is 51.2 Å². The van der Waals surface area contributed by atoms with Gasteiger partial charge >= 0.3 is 11.8 Å². The topological polar surface area (TPSA) is 89.0 Å². The van der Waals surface area contributed by atoms with Crippen molar-refractivity contribution in [2.24, 2.45) is 5.10 Å². The third-order valence-electron chi connectivity index (χ3n) is 4.36. The van der Waals surface area contributed by atoms with E-state index in [2.05, 4.69) is 38.4 Å². The lowest BCUT2D eigenvalue weighted by Gasteiger charge is -2.10. The second-order valence-electron chi connectivity index (χ2n) is 6.85. The summed E-state index contributed by atoms with van der Waals surface area (Å²) >= 11 is 9.60. The van der Waals surface area contributed by atoms with Crippen LogP contribution < -0.4 is 20.2 Å². The van der Waals surface area contributed by atoms with Crippen LogP contribution in [-0.4, -0.2) is 24.6 Å². The van der Waals surface area contributed by atoms with Gasteiger partial charge in [0.1, 0.15) is 24.7 Å². The summed E-state index contributed by atoms with van der Waals surface area (Å²) in [4.78, 5) is 24.1. The van der Waals surface area contributed by atoms with Crippen molar-refractivity contribution < 1.29 is 19.1 Å². The standard InChI is InChI=1S/C25H21BrClN3O4/c1-2-13-33-20-10-8-19(9-11-20)29-24(31)25(32)30-28-15-17-7-12-23(21(26)14-17)34-16-18-5-3-4-6-22(18)27/h2-12,14-15H,1,13,16H2,(H,29,31)(H,30,32)/b28-15-. The first-order valence-corrected chi connectivity index (χ1v) is 11.3. The Balaban J connectivity index is 1.49. The molecule has 9 heteroatoms. The average Bonchev–Trinajstić information content (AvgIpc) is 2.84. The first-order chi connectivity index (χ1) is 16.5. The second-order valence-corrected chi connectivity index (χ2v) is 8.11. The fourth-order valence-electron chi connectivity index (χ4n) is 2.68. The predicted molar refractivity (Wildman–Crippen MR) is 136 cm³/mol. The SMILES string of the molecule is C=CCOc1ccc(NC(=O)C(=O)N/N=C\c2ccc(OCc3ccccc3Cl)c(Br)c2)cc1. The number of nitrogens with one attached hydrogen (secondary N) is 2. The first kappa shape index (κ1) is 25.0. The van der Waals surface area contributed by atoms with Crippen LogP contribution in [0.4, 0.5) is 5.69 Å². The van der Waals surface area contributed by atoms with E-state index in [0.29, 0.717) is 45.5 Å². The molecule has 7 nitrogen and oxygen atoms in total. The Morgan fingerprint density at radius 1 is 1.03 bits per heavy atom. The van der Waals surface area contributed by atoms with Gasteiger partial charge < -0.3 is 14.8 Å². The summed E-state index contributed by atoms with van der Waals surface area (Å²) in [5, 5.41) is 6.96. The molecular weight excluding hydrogens is 522 g/mol. The maximum atomic E-state index is 12.0. The number of carbonyl (C=O) groups is 2. The molecule has 0 heterocycles. The number of hydrogen-bond acceptors (Lipinski definition) is 5. The van der Waals surface area contributed by atoms with Gasteiger partial charge in [-0.15, -0.1) is 0 Å². The maximum Gasteiger partial charge on any atom is 0.329 e. The van der Waals surface area contributed by atoms with Crippen LogP contribution in [0.25, 0.3) is 0 Å². The number of amides is 2. The lowest BCUT2D eigenvalue weighted by molar-refractivity contribution is -0.136. The van der Waals surface area contributed by atoms with E-state index in [1.54, 1.807) is 54.6 Å². The molecule has 0 atom stereocenters. The zero-order chi connectivity index (χ0) is 24.3. The van der Waals surface area contributed by atoms with Gasteiger partial charge in [0.25, 0.3) is 0 Å². The zero-order valence-corrected chi connectivity index (χ0v) is 20.3. The monoisotopic (exact) mass is 541 g/mol. The Labute approximate surface area is 210 Å². The van der Waals surface area contributed by atoms with Crippen LogP contribution in [0.1, 0.15) is 11.1 Å². The van der Waals surface area contributed by atoms with E-state index in [4.69, 9.17) is 21.1 Å². The number of hydrogen-bond donors (Lipinski definition) is 2. The molecule has 0 bridgehead atoms. The second kappa shape index (κ2) is 12.6. The highest BCUT2D eigenvalue weighted by atomic mass is 79.9. The molecule has 174 valence electrons. The lowest BCUT2D eigenvalue weighted by atomic mass is 10.2. The van der Waals surface area contributed by atoms with E-state index in [1.165, 1.54) is 6.21 Å². The molecule has 2 N–H and O–H groups in total. The Bertz CT molecular complexity index is 1200. The Hall–Kier alpha value is -3.62. The molecule has 3 aromatic carbocycles. The van der Waals surface area contributed by atoms with Gasteiger partial charge in [-0.1, -0.05) is 42.5 Å². The molecule has 3 aromatic rings. The highest BCUT2D eigenvalue weighted by Crippen LogP contribution is 2.27. The normalized spacial score (nSPS) is 10.5. The van der Waals surface area contributed by atoms with Gasteiger partial charge in [0.05, 0.1) is 10.7 Å². The molecule has 0 aliphatic rings. The van der Waals surface area contributed by atoms with Crippen LogP contribution in [0.3, 0.4) is 0 Å². The Kier molecular flexibility index (Phi) is 9.25. The van der Waals surface area contributed by atoms with Crippen LogP contribution in [0.15, 0.2) is 89.0 Å². The summed E-state index contributed by atoms with van der Waals surface area (Å²) < 4.78 is 11.9. The molecule has 0 spiro atoms. The molecule has 0 unspecified atom stereocenters. The number of anilines is 1. The number of nitrogens with zero attached hydrogens (tertiary/aromatic N) is 1. The van der Waals surface area contributed by atoms with Crippen LogP contribution in [0.5, 0.6) is 11.5 Å². The van der Waals surface area contributed by atoms with Gasteiger partial charge in [-0.2, -0.15) is 5.10 Å². The van der Waals surface area contributed by atoms with Gasteiger partial charge in [0.15, 0.2) is 0 Å². The van der Waals surface area contributed by atoms with Crippen LogP contribution in [0.2, 0.25) is 5.02 Å². The van der Waals surface area contributed by atoms with E-state index in [9.17, 15) is 9.59 Å². The van der Waals surface area contributed by atoms with Crippen molar-refractivity contribution in [3.8, 4) is 11.5 Å². The fourth-order valence-corrected chi connectivity index (χ4v) is 3.38. The number of hydrazone groups is 1. The van der Waals surface area contributed by atoms with E-state index in [1.807, 2.05) is 18.2 Å². The lowest BCUT2D eigenvalue weighted by Crippen LogP contribution is -2.32. The van der Waals surface area contributed by atoms with Gasteiger partial charge in [-0.05, 0) is 70.0 Å². The maximum absolute atomic E-state index is 12.0. The highest BCUT2D eigenvalue weighted by Gasteiger charge is 2.13. The molecule has 34 heavy (non-hydrogen) atoms. The quantitative estimate of drug-likeness (QED) is 0.165. The molecule has 2 amide bonds. The van der Waals surface area contributed by atoms with Gasteiger partial charge in [0, 0.05) is 16.3 Å². The zero-order valence-electron chi connectivity index (χ0n) is 18.0. The summed E-state index contributed by atoms with van der Waals surface area (Å²) in [5.74, 6) is -0.497. The minimum atomic E-state index is -0.901. The fraction of sp³-hybridized carbons (Fsp3) is 0.0800. The predicted octanol–water partition coefficient (Wildman–Crippen LogP) is 5.34. The number of rotatable bonds is 9. The van der Waals surface area contributed by atoms with E-state index in [0.717, 1.165) is 5.56 Å². The number of ether oxygens (including phenoxy) is 2. The molecule has 0 aromatic heterocycles. The van der Waals surface area contributed by atoms with Gasteiger partial charge in [0.2, 0.25) is 0 Å². The molecular formula is C25H21BrClN3O4. The van der Waals surface area contributed by atoms with Crippen molar-refractivity contribution in [3.63, 3.8) is 0 Å². The smallest absolute Gasteiger partial charge is 0.329 e. The summed E-state index contributed by atoms with van der Waals surface area (Å²) in [5.41, 5.74) is 4.21. The summed E-state index contributed by atoms with van der Waals surface area (Å²) in [6.07, 6.45) is 3.04. The highest BCUT2D eigenvalue weighted by molar-refractivity contribution is 9.10. The minimum absolute atomic E-state index is 0.321. The molecule has 0 aliphatic carbocycles. The summed E-state index contributed by atoms with van der Waals surface area (Å²) in [6, 6.07) is 19.3. The van der Waals surface area contributed by atoms with Gasteiger partial charge in [-0.3, -0.25) is 9.59 Å². The molecule has 0 saturated carbocycles. The van der Waals surface area contributed by atoms with Crippen LogP contribution in [-0.2, 0) is 16.2 Å². The van der Waals surface area contributed by atoms with Crippen LogP contribution in [0, 0.1) is 0 Å². The average molecular weight is 543 g/mol. The first-order valence-electron chi connectivity index (χ1n) is 10.1. The minimum Gasteiger partial charge on any atom is -0.490 e. The molecule has 0 radical (unpaired) electrons. The van der Waals surface area contributed by atoms with Gasteiger partial charge in [-0.25, -0.2) is 5.43 Å². The molecule has 0 aliphatic heterocycles. The van der Waals surface area contributed by atoms with Crippen molar-refractivity contribution in [2.75, 3.05) is 11.9 Å². The number of benzene rings is 3. The number of halogens is 2. The molecule has 3 rings (SSSR count). The summed E-state index contributed by atoms with van der Waals surface area (Å²) in [6.45, 7) is 4.27. The van der Waals surface area contributed by atoms with E-state index < -0.39 is 11.8 Å². The van der Waals surface area contributed by atoms with Crippen molar-refractivity contribution in [1.29, 1.82) is 0 Å². The van der Waals surface area contributed by atoms with Crippen molar-refractivity contribution in [2.45, 2.75) is 6.61 Å². The third kappa shape index (κ3) is 7.47. The third-order valence-corrected chi connectivity index (χ3v) is 5.35. The Morgan fingerprint density at radius 3 is 2.50 bits per heavy atom. The number of carbonyl (C=O) groups excluding carboxylic acids is 2.